The van der Waals surface area contributed by atoms with Crippen molar-refractivity contribution in [3.63, 3.8) is 0 Å². The maximum absolute atomic E-state index is 11.7. The summed E-state index contributed by atoms with van der Waals surface area (Å²) in [6, 6.07) is 7.09. The number of carbonyl (C=O) groups is 2. The fraction of sp³-hybridized carbons (Fsp3) is 0.385. The van der Waals surface area contributed by atoms with Crippen LogP contribution in [0.3, 0.4) is 0 Å². The first-order valence-electron chi connectivity index (χ1n) is 5.64. The van der Waals surface area contributed by atoms with Gasteiger partial charge in [0.15, 0.2) is 0 Å². The van der Waals surface area contributed by atoms with E-state index in [0.29, 0.717) is 12.3 Å². The van der Waals surface area contributed by atoms with Crippen LogP contribution >= 0.6 is 0 Å². The van der Waals surface area contributed by atoms with Gasteiger partial charge < -0.3 is 14.4 Å². The second-order valence-electron chi connectivity index (χ2n) is 3.63. The molecule has 98 valence electrons. The van der Waals surface area contributed by atoms with Gasteiger partial charge in [0.25, 0.3) is 0 Å². The summed E-state index contributed by atoms with van der Waals surface area (Å²) < 4.78 is 9.76. The molecule has 5 heteroatoms. The van der Waals surface area contributed by atoms with Crippen LogP contribution in [0.1, 0.15) is 13.3 Å². The van der Waals surface area contributed by atoms with E-state index in [1.807, 2.05) is 6.92 Å². The SMILES string of the molecule is CCOc1ccc(N(C)C(=O)CC(=O)OC)cc1. The van der Waals surface area contributed by atoms with Crippen molar-refractivity contribution in [3.05, 3.63) is 24.3 Å². The van der Waals surface area contributed by atoms with Crippen LogP contribution in [-0.2, 0) is 14.3 Å². The lowest BCUT2D eigenvalue weighted by Crippen LogP contribution is -2.28. The molecule has 1 amide bonds. The largest absolute Gasteiger partial charge is 0.494 e. The van der Waals surface area contributed by atoms with Crippen molar-refractivity contribution in [2.45, 2.75) is 13.3 Å². The molecule has 5 nitrogen and oxygen atoms in total. The van der Waals surface area contributed by atoms with E-state index in [4.69, 9.17) is 4.74 Å². The average Bonchev–Trinajstić information content (AvgIpc) is 2.39. The number of carbonyl (C=O) groups excluding carboxylic acids is 2. The molecule has 0 saturated carbocycles. The molecule has 0 aromatic heterocycles. The molecule has 0 N–H and O–H groups in total. The first kappa shape index (κ1) is 14.0. The summed E-state index contributed by atoms with van der Waals surface area (Å²) in [7, 11) is 2.87. The summed E-state index contributed by atoms with van der Waals surface area (Å²) >= 11 is 0. The minimum absolute atomic E-state index is 0.264. The average molecular weight is 251 g/mol. The molecule has 1 aromatic rings. The molecule has 0 atom stereocenters. The van der Waals surface area contributed by atoms with Crippen LogP contribution in [0.15, 0.2) is 24.3 Å². The standard InChI is InChI=1S/C13H17NO4/c1-4-18-11-7-5-10(6-8-11)14(2)12(15)9-13(16)17-3/h5-8H,4,9H2,1-3H3. The van der Waals surface area contributed by atoms with Gasteiger partial charge in [0.1, 0.15) is 12.2 Å². The Bertz CT molecular complexity index is 414. The zero-order valence-electron chi connectivity index (χ0n) is 10.8. The molecule has 0 saturated heterocycles. The maximum atomic E-state index is 11.7. The summed E-state index contributed by atoms with van der Waals surface area (Å²) in [6.07, 6.45) is -0.264. The molecule has 1 rings (SSSR count). The Morgan fingerprint density at radius 2 is 1.83 bits per heavy atom. The van der Waals surface area contributed by atoms with Gasteiger partial charge in [-0.05, 0) is 31.2 Å². The molecule has 0 aliphatic carbocycles. The van der Waals surface area contributed by atoms with Crippen LogP contribution in [-0.4, -0.2) is 32.6 Å². The predicted octanol–water partition coefficient (Wildman–Crippen LogP) is 1.61. The van der Waals surface area contributed by atoms with Gasteiger partial charge in [0.2, 0.25) is 5.91 Å². The lowest BCUT2D eigenvalue weighted by molar-refractivity contribution is -0.143. The van der Waals surface area contributed by atoms with Crippen LogP contribution in [0.2, 0.25) is 0 Å². The van der Waals surface area contributed by atoms with E-state index in [9.17, 15) is 9.59 Å². The Labute approximate surface area is 106 Å². The number of esters is 1. The van der Waals surface area contributed by atoms with Crippen molar-refractivity contribution in [3.8, 4) is 5.75 Å². The van der Waals surface area contributed by atoms with E-state index >= 15 is 0 Å². The minimum Gasteiger partial charge on any atom is -0.494 e. The van der Waals surface area contributed by atoms with Crippen molar-refractivity contribution >= 4 is 17.6 Å². The van der Waals surface area contributed by atoms with Gasteiger partial charge in [0, 0.05) is 12.7 Å². The van der Waals surface area contributed by atoms with Gasteiger partial charge in [-0.1, -0.05) is 0 Å². The second-order valence-corrected chi connectivity index (χ2v) is 3.63. The van der Waals surface area contributed by atoms with Crippen LogP contribution in [0, 0.1) is 0 Å². The number of ether oxygens (including phenoxy) is 2. The molecule has 0 spiro atoms. The van der Waals surface area contributed by atoms with Crippen LogP contribution in [0.5, 0.6) is 5.75 Å². The van der Waals surface area contributed by atoms with Gasteiger partial charge >= 0.3 is 5.97 Å². The highest BCUT2D eigenvalue weighted by molar-refractivity contribution is 6.03. The number of anilines is 1. The Morgan fingerprint density at radius 3 is 2.33 bits per heavy atom. The summed E-state index contributed by atoms with van der Waals surface area (Å²) in [5.74, 6) is -0.112. The van der Waals surface area contributed by atoms with Crippen molar-refractivity contribution in [1.82, 2.24) is 0 Å². The summed E-state index contributed by atoms with van der Waals surface area (Å²) in [6.45, 7) is 2.50. The molecule has 0 unspecified atom stereocenters. The first-order valence-corrected chi connectivity index (χ1v) is 5.64. The molecule has 0 fully saturated rings. The number of nitrogens with zero attached hydrogens (tertiary/aromatic N) is 1. The number of hydrogen-bond donors (Lipinski definition) is 0. The molecular formula is C13H17NO4. The monoisotopic (exact) mass is 251 g/mol. The lowest BCUT2D eigenvalue weighted by Gasteiger charge is -2.17. The van der Waals surface area contributed by atoms with Gasteiger partial charge in [-0.2, -0.15) is 0 Å². The van der Waals surface area contributed by atoms with Crippen LogP contribution in [0.25, 0.3) is 0 Å². The van der Waals surface area contributed by atoms with E-state index in [1.165, 1.54) is 12.0 Å². The third-order valence-corrected chi connectivity index (χ3v) is 2.43. The van der Waals surface area contributed by atoms with Crippen molar-refractivity contribution in [2.24, 2.45) is 0 Å². The van der Waals surface area contributed by atoms with Gasteiger partial charge in [0.05, 0.1) is 13.7 Å². The Kier molecular flexibility index (Phi) is 5.17. The molecule has 0 aliphatic rings. The molecule has 0 aliphatic heterocycles. The molecule has 1 aromatic carbocycles. The number of methoxy groups -OCH3 is 1. The highest BCUT2D eigenvalue weighted by Gasteiger charge is 2.15. The molecule has 0 radical (unpaired) electrons. The highest BCUT2D eigenvalue weighted by Crippen LogP contribution is 2.19. The minimum atomic E-state index is -0.544. The quantitative estimate of drug-likeness (QED) is 0.589. The summed E-state index contributed by atoms with van der Waals surface area (Å²) in [4.78, 5) is 24.1. The molecule has 0 heterocycles. The van der Waals surface area contributed by atoms with Gasteiger partial charge in [-0.25, -0.2) is 0 Å². The zero-order chi connectivity index (χ0) is 13.5. The van der Waals surface area contributed by atoms with E-state index < -0.39 is 5.97 Å². The highest BCUT2D eigenvalue weighted by atomic mass is 16.5. The van der Waals surface area contributed by atoms with Crippen molar-refractivity contribution in [2.75, 3.05) is 25.7 Å². The predicted molar refractivity (Wildman–Crippen MR) is 67.7 cm³/mol. The molecule has 0 bridgehead atoms. The number of amides is 1. The number of benzene rings is 1. The lowest BCUT2D eigenvalue weighted by atomic mass is 10.2. The zero-order valence-corrected chi connectivity index (χ0v) is 10.8. The summed E-state index contributed by atoms with van der Waals surface area (Å²) in [5.41, 5.74) is 0.701. The topological polar surface area (TPSA) is 55.8 Å². The second kappa shape index (κ2) is 6.64. The van der Waals surface area contributed by atoms with Gasteiger partial charge in [-0.15, -0.1) is 0 Å². The Hall–Kier alpha value is -2.04. The number of rotatable bonds is 5. The molecule has 18 heavy (non-hydrogen) atoms. The third kappa shape index (κ3) is 3.76. The Morgan fingerprint density at radius 1 is 1.22 bits per heavy atom. The van der Waals surface area contributed by atoms with Crippen LogP contribution in [0.4, 0.5) is 5.69 Å². The van der Waals surface area contributed by atoms with Gasteiger partial charge in [-0.3, -0.25) is 9.59 Å². The summed E-state index contributed by atoms with van der Waals surface area (Å²) in [5, 5.41) is 0. The molecular weight excluding hydrogens is 234 g/mol. The van der Waals surface area contributed by atoms with E-state index in [2.05, 4.69) is 4.74 Å². The van der Waals surface area contributed by atoms with E-state index in [1.54, 1.807) is 31.3 Å². The first-order chi connectivity index (χ1) is 8.58. The van der Waals surface area contributed by atoms with Crippen LogP contribution < -0.4 is 9.64 Å². The fourth-order valence-corrected chi connectivity index (χ4v) is 1.39. The van der Waals surface area contributed by atoms with E-state index in [-0.39, 0.29) is 12.3 Å². The van der Waals surface area contributed by atoms with E-state index in [0.717, 1.165) is 5.75 Å². The Balaban J connectivity index is 2.68. The smallest absolute Gasteiger partial charge is 0.315 e. The third-order valence-electron chi connectivity index (χ3n) is 2.43. The maximum Gasteiger partial charge on any atom is 0.315 e. The van der Waals surface area contributed by atoms with Crippen molar-refractivity contribution in [1.29, 1.82) is 0 Å². The van der Waals surface area contributed by atoms with Crippen molar-refractivity contribution < 1.29 is 19.1 Å². The number of hydrogen-bond acceptors (Lipinski definition) is 4. The normalized spacial score (nSPS) is 9.72. The fourth-order valence-electron chi connectivity index (χ4n) is 1.39.